The molecule has 0 atom stereocenters. The molecule has 0 radical (unpaired) electrons. The maximum absolute atomic E-state index is 11.0. The zero-order valence-electron chi connectivity index (χ0n) is 11.8. The maximum Gasteiger partial charge on any atom is 0.221 e. The van der Waals surface area contributed by atoms with E-state index >= 15 is 0 Å². The molecule has 0 bridgehead atoms. The van der Waals surface area contributed by atoms with Gasteiger partial charge in [0.15, 0.2) is 0 Å². The van der Waals surface area contributed by atoms with Gasteiger partial charge in [0, 0.05) is 5.56 Å². The van der Waals surface area contributed by atoms with E-state index in [0.717, 1.165) is 28.7 Å². The molecule has 2 N–H and O–H groups in total. The second kappa shape index (κ2) is 6.70. The fourth-order valence-electron chi connectivity index (χ4n) is 2.12. The predicted octanol–water partition coefficient (Wildman–Crippen LogP) is 2.41. The van der Waals surface area contributed by atoms with Crippen molar-refractivity contribution in [1.29, 1.82) is 0 Å². The van der Waals surface area contributed by atoms with Crippen LogP contribution in [0.1, 0.15) is 27.0 Å². The molecule has 2 rings (SSSR count). The van der Waals surface area contributed by atoms with Gasteiger partial charge < -0.3 is 10.5 Å². The zero-order chi connectivity index (χ0) is 15.2. The topological polar surface area (TPSA) is 69.4 Å². The minimum Gasteiger partial charge on any atom is -0.489 e. The van der Waals surface area contributed by atoms with Gasteiger partial charge in [0.1, 0.15) is 18.6 Å². The number of carbonyl (C=O) groups excluding carboxylic acids is 2. The Morgan fingerprint density at radius 2 is 2.00 bits per heavy atom. The molecule has 0 aliphatic carbocycles. The van der Waals surface area contributed by atoms with Gasteiger partial charge in [-0.15, -0.1) is 0 Å². The molecule has 0 saturated heterocycles. The van der Waals surface area contributed by atoms with Crippen molar-refractivity contribution in [3.8, 4) is 5.75 Å². The first-order valence-corrected chi connectivity index (χ1v) is 6.64. The highest BCUT2D eigenvalue weighted by molar-refractivity contribution is 5.77. The predicted molar refractivity (Wildman–Crippen MR) is 80.2 cm³/mol. The number of carbonyl (C=O) groups is 2. The Balaban J connectivity index is 2.10. The van der Waals surface area contributed by atoms with Gasteiger partial charge in [-0.05, 0) is 29.7 Å². The minimum absolute atomic E-state index is 0.217. The summed E-state index contributed by atoms with van der Waals surface area (Å²) in [6, 6.07) is 12.8. The number of hydrogen-bond acceptors (Lipinski definition) is 3. The second-order valence-corrected chi connectivity index (χ2v) is 4.85. The van der Waals surface area contributed by atoms with Gasteiger partial charge in [-0.2, -0.15) is 0 Å². The summed E-state index contributed by atoms with van der Waals surface area (Å²) in [5.41, 5.74) is 8.43. The lowest BCUT2D eigenvalue weighted by Gasteiger charge is -2.11. The lowest BCUT2D eigenvalue weighted by molar-refractivity contribution is -0.117. The number of benzene rings is 2. The standard InChI is InChI=1S/C17H17NO3/c1-12-8-13(9-17(18)20)6-7-16(12)21-11-15-5-3-2-4-14(15)10-19/h2-8,10H,9,11H2,1H3,(H2,18,20). The Labute approximate surface area is 123 Å². The fraction of sp³-hybridized carbons (Fsp3) is 0.176. The monoisotopic (exact) mass is 283 g/mol. The Morgan fingerprint density at radius 1 is 1.24 bits per heavy atom. The number of aldehydes is 1. The third-order valence-corrected chi connectivity index (χ3v) is 3.18. The SMILES string of the molecule is Cc1cc(CC(N)=O)ccc1OCc1ccccc1C=O. The molecule has 2 aromatic carbocycles. The summed E-state index contributed by atoms with van der Waals surface area (Å²) in [4.78, 5) is 21.9. The average molecular weight is 283 g/mol. The smallest absolute Gasteiger partial charge is 0.221 e. The molecule has 0 saturated carbocycles. The van der Waals surface area contributed by atoms with E-state index in [0.29, 0.717) is 12.2 Å². The summed E-state index contributed by atoms with van der Waals surface area (Å²) in [6.07, 6.45) is 1.04. The molecule has 21 heavy (non-hydrogen) atoms. The van der Waals surface area contributed by atoms with Crippen molar-refractivity contribution < 1.29 is 14.3 Å². The summed E-state index contributed by atoms with van der Waals surface area (Å²) < 4.78 is 5.75. The van der Waals surface area contributed by atoms with Crippen LogP contribution in [0.2, 0.25) is 0 Å². The first-order chi connectivity index (χ1) is 10.1. The summed E-state index contributed by atoms with van der Waals surface area (Å²) >= 11 is 0. The lowest BCUT2D eigenvalue weighted by atomic mass is 10.1. The number of nitrogens with two attached hydrogens (primary N) is 1. The summed E-state index contributed by atoms with van der Waals surface area (Å²) in [6.45, 7) is 2.23. The number of primary amides is 1. The molecule has 108 valence electrons. The normalized spacial score (nSPS) is 10.1. The van der Waals surface area contributed by atoms with E-state index in [1.807, 2.05) is 43.3 Å². The molecule has 2 aromatic rings. The van der Waals surface area contributed by atoms with Gasteiger partial charge in [-0.25, -0.2) is 0 Å². The van der Waals surface area contributed by atoms with Gasteiger partial charge >= 0.3 is 0 Å². The molecule has 4 heteroatoms. The van der Waals surface area contributed by atoms with Crippen LogP contribution in [-0.2, 0) is 17.8 Å². The lowest BCUT2D eigenvalue weighted by Crippen LogP contribution is -2.13. The molecule has 0 aliphatic rings. The van der Waals surface area contributed by atoms with E-state index in [1.165, 1.54) is 0 Å². The number of aryl methyl sites for hydroxylation is 1. The van der Waals surface area contributed by atoms with Crippen LogP contribution in [0.5, 0.6) is 5.75 Å². The van der Waals surface area contributed by atoms with Crippen molar-refractivity contribution in [3.63, 3.8) is 0 Å². The Morgan fingerprint density at radius 3 is 2.67 bits per heavy atom. The van der Waals surface area contributed by atoms with Gasteiger partial charge in [0.25, 0.3) is 0 Å². The first-order valence-electron chi connectivity index (χ1n) is 6.64. The molecule has 1 amide bonds. The van der Waals surface area contributed by atoms with Crippen molar-refractivity contribution in [3.05, 3.63) is 64.7 Å². The minimum atomic E-state index is -0.358. The van der Waals surface area contributed by atoms with Crippen molar-refractivity contribution in [2.45, 2.75) is 20.0 Å². The average Bonchev–Trinajstić information content (AvgIpc) is 2.46. The summed E-state index contributed by atoms with van der Waals surface area (Å²) in [5, 5.41) is 0. The molecule has 0 aliphatic heterocycles. The number of ether oxygens (including phenoxy) is 1. The van der Waals surface area contributed by atoms with E-state index < -0.39 is 0 Å². The van der Waals surface area contributed by atoms with Crippen LogP contribution in [0.3, 0.4) is 0 Å². The largest absolute Gasteiger partial charge is 0.489 e. The molecule has 0 fully saturated rings. The van der Waals surface area contributed by atoms with Crippen LogP contribution < -0.4 is 10.5 Å². The highest BCUT2D eigenvalue weighted by atomic mass is 16.5. The first kappa shape index (κ1) is 14.8. The van der Waals surface area contributed by atoms with Crippen molar-refractivity contribution in [1.82, 2.24) is 0 Å². The molecule has 0 aromatic heterocycles. The van der Waals surface area contributed by atoms with Crippen molar-refractivity contribution in [2.24, 2.45) is 5.73 Å². The van der Waals surface area contributed by atoms with Gasteiger partial charge in [0.2, 0.25) is 5.91 Å². The summed E-state index contributed by atoms with van der Waals surface area (Å²) in [7, 11) is 0. The zero-order valence-corrected chi connectivity index (χ0v) is 11.8. The van der Waals surface area contributed by atoms with Crippen molar-refractivity contribution in [2.75, 3.05) is 0 Å². The van der Waals surface area contributed by atoms with Crippen LogP contribution in [0, 0.1) is 6.92 Å². The van der Waals surface area contributed by atoms with Crippen LogP contribution in [0.25, 0.3) is 0 Å². The Hall–Kier alpha value is -2.62. The van der Waals surface area contributed by atoms with E-state index in [-0.39, 0.29) is 12.3 Å². The highest BCUT2D eigenvalue weighted by Crippen LogP contribution is 2.21. The van der Waals surface area contributed by atoms with E-state index in [4.69, 9.17) is 10.5 Å². The van der Waals surface area contributed by atoms with E-state index in [1.54, 1.807) is 6.07 Å². The van der Waals surface area contributed by atoms with Crippen LogP contribution in [-0.4, -0.2) is 12.2 Å². The highest BCUT2D eigenvalue weighted by Gasteiger charge is 2.06. The molecular formula is C17H17NO3. The fourth-order valence-corrected chi connectivity index (χ4v) is 2.12. The van der Waals surface area contributed by atoms with Crippen LogP contribution in [0.15, 0.2) is 42.5 Å². The number of amides is 1. The Kier molecular flexibility index (Phi) is 4.72. The van der Waals surface area contributed by atoms with Gasteiger partial charge in [-0.1, -0.05) is 36.4 Å². The van der Waals surface area contributed by atoms with Crippen LogP contribution in [0.4, 0.5) is 0 Å². The molecule has 4 nitrogen and oxygen atoms in total. The van der Waals surface area contributed by atoms with Crippen LogP contribution >= 0.6 is 0 Å². The molecular weight excluding hydrogens is 266 g/mol. The van der Waals surface area contributed by atoms with E-state index in [9.17, 15) is 9.59 Å². The van der Waals surface area contributed by atoms with E-state index in [2.05, 4.69) is 0 Å². The van der Waals surface area contributed by atoms with Gasteiger partial charge in [0.05, 0.1) is 6.42 Å². The molecule has 0 unspecified atom stereocenters. The maximum atomic E-state index is 11.0. The molecule has 0 heterocycles. The van der Waals surface area contributed by atoms with Crippen molar-refractivity contribution >= 4 is 12.2 Å². The number of rotatable bonds is 6. The summed E-state index contributed by atoms with van der Waals surface area (Å²) in [5.74, 6) is 0.368. The quantitative estimate of drug-likeness (QED) is 0.828. The van der Waals surface area contributed by atoms with Gasteiger partial charge in [-0.3, -0.25) is 9.59 Å². The third kappa shape index (κ3) is 3.92. The second-order valence-electron chi connectivity index (χ2n) is 4.85. The number of hydrogen-bond donors (Lipinski definition) is 1. The third-order valence-electron chi connectivity index (χ3n) is 3.18. The Bertz CT molecular complexity index is 665. The molecule has 0 spiro atoms.